The third-order valence-electron chi connectivity index (χ3n) is 2.80. The lowest BCUT2D eigenvalue weighted by atomic mass is 10.2. The third-order valence-corrected chi connectivity index (χ3v) is 4.16. The molecule has 0 aromatic heterocycles. The Balaban J connectivity index is 2.10. The maximum Gasteiger partial charge on any atom is 0.270 e. The third kappa shape index (κ3) is 4.48. The molecule has 0 fully saturated rings. The summed E-state index contributed by atoms with van der Waals surface area (Å²) in [4.78, 5) is 21.8. The molecule has 0 aliphatic rings. The van der Waals surface area contributed by atoms with E-state index < -0.39 is 20.9 Å². The van der Waals surface area contributed by atoms with Gasteiger partial charge in [-0.15, -0.1) is 0 Å². The molecule has 7 nitrogen and oxygen atoms in total. The zero-order chi connectivity index (χ0) is 16.9. The summed E-state index contributed by atoms with van der Waals surface area (Å²) in [5.41, 5.74) is 0.288. The summed E-state index contributed by atoms with van der Waals surface area (Å²) in [6, 6.07) is 13.1. The number of rotatable bonds is 5. The summed E-state index contributed by atoms with van der Waals surface area (Å²) < 4.78 is 25.8. The summed E-state index contributed by atoms with van der Waals surface area (Å²) in [7, 11) is -3.94. The van der Waals surface area contributed by atoms with E-state index in [2.05, 4.69) is 0 Å². The molecule has 8 heteroatoms. The van der Waals surface area contributed by atoms with E-state index in [0.29, 0.717) is 5.56 Å². The van der Waals surface area contributed by atoms with E-state index >= 15 is 0 Å². The minimum absolute atomic E-state index is 0.0305. The number of amides is 1. The fourth-order valence-corrected chi connectivity index (χ4v) is 2.71. The predicted octanol–water partition coefficient (Wildman–Crippen LogP) is 2.11. The Morgan fingerprint density at radius 2 is 1.78 bits per heavy atom. The van der Waals surface area contributed by atoms with Gasteiger partial charge in [0.2, 0.25) is 0 Å². The molecule has 0 unspecified atom stereocenters. The van der Waals surface area contributed by atoms with Crippen LogP contribution in [-0.4, -0.2) is 19.2 Å². The Morgan fingerprint density at radius 3 is 2.43 bits per heavy atom. The molecule has 2 aromatic carbocycles. The number of carbonyl (C=O) groups is 1. The fraction of sp³-hybridized carbons (Fsp3) is 0. The van der Waals surface area contributed by atoms with Gasteiger partial charge in [0.1, 0.15) is 0 Å². The zero-order valence-corrected chi connectivity index (χ0v) is 12.6. The van der Waals surface area contributed by atoms with Crippen LogP contribution in [0, 0.1) is 10.1 Å². The lowest BCUT2D eigenvalue weighted by Crippen LogP contribution is -2.28. The van der Waals surface area contributed by atoms with Crippen molar-refractivity contribution in [2.45, 2.75) is 4.90 Å². The molecule has 0 heterocycles. The average Bonchev–Trinajstić information content (AvgIpc) is 2.53. The molecular weight excluding hydrogens is 320 g/mol. The standard InChI is InChI=1S/C15H12N2O5S/c18-15(16-23(21,22)14-7-2-1-3-8-14)10-9-12-5-4-6-13(11-12)17(19)20/h1-11H,(H,16,18)/b10-9+. The molecule has 118 valence electrons. The Morgan fingerprint density at radius 1 is 1.09 bits per heavy atom. The summed E-state index contributed by atoms with van der Waals surface area (Å²) in [5.74, 6) is -0.847. The molecule has 2 rings (SSSR count). The van der Waals surface area contributed by atoms with Crippen molar-refractivity contribution in [1.82, 2.24) is 4.72 Å². The fourth-order valence-electron chi connectivity index (χ4n) is 1.74. The van der Waals surface area contributed by atoms with Crippen molar-refractivity contribution < 1.29 is 18.1 Å². The Hall–Kier alpha value is -3.00. The molecule has 0 spiro atoms. The van der Waals surface area contributed by atoms with Crippen molar-refractivity contribution in [2.75, 3.05) is 0 Å². The normalized spacial score (nSPS) is 11.3. The highest BCUT2D eigenvalue weighted by atomic mass is 32.2. The number of nitro benzene ring substituents is 1. The number of nitrogens with one attached hydrogen (secondary N) is 1. The number of hydrogen-bond donors (Lipinski definition) is 1. The number of sulfonamides is 1. The topological polar surface area (TPSA) is 106 Å². The van der Waals surface area contributed by atoms with Crippen LogP contribution in [0.25, 0.3) is 6.08 Å². The van der Waals surface area contributed by atoms with Gasteiger partial charge in [-0.3, -0.25) is 14.9 Å². The SMILES string of the molecule is O=C(/C=C/c1cccc([N+](=O)[O-])c1)NS(=O)(=O)c1ccccc1. The highest BCUT2D eigenvalue weighted by Crippen LogP contribution is 2.14. The van der Waals surface area contributed by atoms with Crippen LogP contribution in [-0.2, 0) is 14.8 Å². The van der Waals surface area contributed by atoms with Gasteiger partial charge in [-0.25, -0.2) is 13.1 Å². The van der Waals surface area contributed by atoms with E-state index in [1.807, 2.05) is 4.72 Å². The zero-order valence-electron chi connectivity index (χ0n) is 11.7. The van der Waals surface area contributed by atoms with E-state index in [1.165, 1.54) is 48.5 Å². The first-order valence-corrected chi connectivity index (χ1v) is 7.91. The van der Waals surface area contributed by atoms with Crippen LogP contribution in [0.15, 0.2) is 65.6 Å². The van der Waals surface area contributed by atoms with E-state index in [1.54, 1.807) is 12.1 Å². The Kier molecular flexibility index (Phi) is 4.87. The van der Waals surface area contributed by atoms with Crippen molar-refractivity contribution in [3.63, 3.8) is 0 Å². The molecule has 1 N–H and O–H groups in total. The molecule has 23 heavy (non-hydrogen) atoms. The number of non-ortho nitro benzene ring substituents is 1. The summed E-state index contributed by atoms with van der Waals surface area (Å²) in [6.07, 6.45) is 2.29. The molecule has 0 aliphatic heterocycles. The largest absolute Gasteiger partial charge is 0.270 e. The van der Waals surface area contributed by atoms with Gasteiger partial charge in [0.15, 0.2) is 0 Å². The van der Waals surface area contributed by atoms with Gasteiger partial charge < -0.3 is 0 Å². The van der Waals surface area contributed by atoms with Gasteiger partial charge in [-0.1, -0.05) is 30.3 Å². The van der Waals surface area contributed by atoms with Gasteiger partial charge in [0.05, 0.1) is 9.82 Å². The number of carbonyl (C=O) groups excluding carboxylic acids is 1. The minimum atomic E-state index is -3.94. The van der Waals surface area contributed by atoms with Crippen LogP contribution < -0.4 is 4.72 Å². The monoisotopic (exact) mass is 332 g/mol. The van der Waals surface area contributed by atoms with Gasteiger partial charge >= 0.3 is 0 Å². The van der Waals surface area contributed by atoms with Crippen molar-refractivity contribution in [3.8, 4) is 0 Å². The molecule has 1 amide bonds. The first kappa shape index (κ1) is 16.4. The Labute approximate surface area is 132 Å². The van der Waals surface area contributed by atoms with Crippen LogP contribution in [0.1, 0.15) is 5.56 Å². The summed E-state index contributed by atoms with van der Waals surface area (Å²) in [5, 5.41) is 10.7. The van der Waals surface area contributed by atoms with E-state index in [9.17, 15) is 23.3 Å². The highest BCUT2D eigenvalue weighted by Gasteiger charge is 2.15. The molecule has 0 saturated heterocycles. The van der Waals surface area contributed by atoms with Gasteiger partial charge in [0, 0.05) is 18.2 Å². The maximum absolute atomic E-state index is 11.9. The number of benzene rings is 2. The van der Waals surface area contributed by atoms with E-state index in [0.717, 1.165) is 6.08 Å². The van der Waals surface area contributed by atoms with Crippen molar-refractivity contribution >= 4 is 27.7 Å². The average molecular weight is 332 g/mol. The van der Waals surface area contributed by atoms with Gasteiger partial charge in [0.25, 0.3) is 21.6 Å². The summed E-state index contributed by atoms with van der Waals surface area (Å²) >= 11 is 0. The first-order chi connectivity index (χ1) is 10.9. The van der Waals surface area contributed by atoms with Crippen LogP contribution in [0.5, 0.6) is 0 Å². The smallest absolute Gasteiger partial charge is 0.269 e. The molecular formula is C15H12N2O5S. The maximum atomic E-state index is 11.9. The second-order valence-corrected chi connectivity index (χ2v) is 6.15. The van der Waals surface area contributed by atoms with Crippen LogP contribution in [0.2, 0.25) is 0 Å². The highest BCUT2D eigenvalue weighted by molar-refractivity contribution is 7.90. The van der Waals surface area contributed by atoms with Crippen LogP contribution in [0.3, 0.4) is 0 Å². The number of nitro groups is 1. The molecule has 0 bridgehead atoms. The second-order valence-electron chi connectivity index (χ2n) is 4.47. The van der Waals surface area contributed by atoms with Crippen LogP contribution in [0.4, 0.5) is 5.69 Å². The first-order valence-electron chi connectivity index (χ1n) is 6.43. The lowest BCUT2D eigenvalue weighted by Gasteiger charge is -2.04. The molecule has 0 aliphatic carbocycles. The number of hydrogen-bond acceptors (Lipinski definition) is 5. The summed E-state index contributed by atoms with van der Waals surface area (Å²) in [6.45, 7) is 0. The van der Waals surface area contributed by atoms with Gasteiger partial charge in [-0.05, 0) is 23.8 Å². The van der Waals surface area contributed by atoms with E-state index in [4.69, 9.17) is 0 Å². The van der Waals surface area contributed by atoms with E-state index in [-0.39, 0.29) is 10.6 Å². The molecule has 0 saturated carbocycles. The van der Waals surface area contributed by atoms with Crippen LogP contribution >= 0.6 is 0 Å². The predicted molar refractivity (Wildman–Crippen MR) is 83.9 cm³/mol. The number of nitrogens with zero attached hydrogens (tertiary/aromatic N) is 1. The van der Waals surface area contributed by atoms with Crippen molar-refractivity contribution in [1.29, 1.82) is 0 Å². The Bertz CT molecular complexity index is 860. The van der Waals surface area contributed by atoms with Crippen molar-refractivity contribution in [3.05, 3.63) is 76.4 Å². The second kappa shape index (κ2) is 6.84. The molecule has 0 atom stereocenters. The molecule has 0 radical (unpaired) electrons. The quantitative estimate of drug-likeness (QED) is 0.513. The minimum Gasteiger partial charge on any atom is -0.269 e. The van der Waals surface area contributed by atoms with Crippen molar-refractivity contribution in [2.24, 2.45) is 0 Å². The lowest BCUT2D eigenvalue weighted by molar-refractivity contribution is -0.384. The van der Waals surface area contributed by atoms with Gasteiger partial charge in [-0.2, -0.15) is 0 Å². The molecule has 2 aromatic rings.